The van der Waals surface area contributed by atoms with E-state index in [0.29, 0.717) is 24.1 Å². The third-order valence-corrected chi connectivity index (χ3v) is 7.27. The summed E-state index contributed by atoms with van der Waals surface area (Å²) in [6, 6.07) is 20.3. The van der Waals surface area contributed by atoms with Crippen molar-refractivity contribution in [3.8, 4) is 0 Å². The van der Waals surface area contributed by atoms with Crippen molar-refractivity contribution in [2.24, 2.45) is 0 Å². The fraction of sp³-hybridized carbons (Fsp3) is 0.370. The molecule has 2 N–H and O–H groups in total. The monoisotopic (exact) mass is 473 g/mol. The Labute approximate surface area is 206 Å². The number of benzene rings is 1. The molecule has 0 radical (unpaired) electrons. The normalized spacial score (nSPS) is 20.8. The number of nitrogens with one attached hydrogen (secondary N) is 2. The summed E-state index contributed by atoms with van der Waals surface area (Å²) in [4.78, 5) is 19.5. The van der Waals surface area contributed by atoms with Gasteiger partial charge in [-0.25, -0.2) is 0 Å². The van der Waals surface area contributed by atoms with Crippen LogP contribution in [0.4, 0.5) is 5.69 Å². The summed E-state index contributed by atoms with van der Waals surface area (Å²) < 4.78 is 2.45. The van der Waals surface area contributed by atoms with E-state index in [4.69, 9.17) is 12.2 Å². The van der Waals surface area contributed by atoms with E-state index in [2.05, 4.69) is 43.4 Å². The van der Waals surface area contributed by atoms with E-state index in [9.17, 15) is 4.79 Å². The fourth-order valence-electron chi connectivity index (χ4n) is 5.28. The van der Waals surface area contributed by atoms with Crippen LogP contribution >= 0.6 is 12.2 Å². The summed E-state index contributed by atoms with van der Waals surface area (Å²) in [5, 5.41) is 7.17. The molecule has 0 unspecified atom stereocenters. The predicted octanol–water partition coefficient (Wildman–Crippen LogP) is 5.39. The van der Waals surface area contributed by atoms with Crippen LogP contribution in [0.2, 0.25) is 0 Å². The standard InChI is InChI=1S/C27H31N5OS/c33-24(29-20-10-3-1-4-11-20)16-19-32-26(25(30-27(32)34)22-14-7-8-17-28-22)23-15-9-18-31(23)21-12-5-2-6-13-21/h1,3-4,7-11,14-15,17-18,21,25-26H,2,5-6,12-13,16,19H2,(H,29,33)(H,30,34)/t25-,26+/m1/s1. The van der Waals surface area contributed by atoms with Gasteiger partial charge in [-0.2, -0.15) is 0 Å². The van der Waals surface area contributed by atoms with Crippen molar-refractivity contribution in [1.82, 2.24) is 19.8 Å². The minimum absolute atomic E-state index is 0.0169. The summed E-state index contributed by atoms with van der Waals surface area (Å²) in [5.41, 5.74) is 3.00. The van der Waals surface area contributed by atoms with Crippen LogP contribution in [0.1, 0.15) is 68.0 Å². The van der Waals surface area contributed by atoms with E-state index in [1.807, 2.05) is 54.7 Å². The number of hydrogen-bond acceptors (Lipinski definition) is 3. The van der Waals surface area contributed by atoms with E-state index in [-0.39, 0.29) is 18.0 Å². The molecule has 2 fully saturated rings. The van der Waals surface area contributed by atoms with Crippen LogP contribution in [-0.2, 0) is 4.79 Å². The molecule has 176 valence electrons. The van der Waals surface area contributed by atoms with Crippen LogP contribution in [0.15, 0.2) is 73.1 Å². The molecule has 6 nitrogen and oxygen atoms in total. The Morgan fingerprint density at radius 1 is 1.03 bits per heavy atom. The molecular formula is C27H31N5OS. The number of nitrogens with zero attached hydrogens (tertiary/aromatic N) is 3. The topological polar surface area (TPSA) is 62.2 Å². The number of carbonyl (C=O) groups is 1. The lowest BCUT2D eigenvalue weighted by molar-refractivity contribution is -0.116. The molecule has 3 heterocycles. The number of aromatic nitrogens is 2. The van der Waals surface area contributed by atoms with Gasteiger partial charge in [-0.05, 0) is 61.5 Å². The third kappa shape index (κ3) is 4.85. The number of carbonyl (C=O) groups excluding carboxylic acids is 1. The quantitative estimate of drug-likeness (QED) is 0.451. The molecule has 2 aromatic heterocycles. The number of hydrogen-bond donors (Lipinski definition) is 2. The minimum Gasteiger partial charge on any atom is -0.352 e. The highest BCUT2D eigenvalue weighted by atomic mass is 32.1. The number of rotatable bonds is 7. The van der Waals surface area contributed by atoms with Gasteiger partial charge in [0.15, 0.2) is 5.11 Å². The SMILES string of the molecule is O=C(CCN1C(=S)N[C@H](c2ccccn2)[C@@H]1c1cccn1C1CCCCC1)Nc1ccccc1. The van der Waals surface area contributed by atoms with Crippen LogP contribution in [-0.4, -0.2) is 32.0 Å². The second-order valence-electron chi connectivity index (χ2n) is 9.12. The molecule has 7 heteroatoms. The first-order valence-electron chi connectivity index (χ1n) is 12.2. The molecule has 1 aliphatic carbocycles. The molecule has 1 aliphatic heterocycles. The number of amides is 1. The molecule has 2 atom stereocenters. The maximum atomic E-state index is 12.7. The molecule has 0 bridgehead atoms. The van der Waals surface area contributed by atoms with Crippen molar-refractivity contribution in [2.75, 3.05) is 11.9 Å². The molecule has 1 aromatic carbocycles. The summed E-state index contributed by atoms with van der Waals surface area (Å²) in [6.07, 6.45) is 10.7. The first kappa shape index (κ1) is 22.6. The van der Waals surface area contributed by atoms with Gasteiger partial charge in [-0.3, -0.25) is 9.78 Å². The highest BCUT2D eigenvalue weighted by molar-refractivity contribution is 7.80. The van der Waals surface area contributed by atoms with Crippen LogP contribution in [0.25, 0.3) is 0 Å². The molecule has 3 aromatic rings. The highest BCUT2D eigenvalue weighted by Gasteiger charge is 2.41. The second kappa shape index (κ2) is 10.4. The Balaban J connectivity index is 1.40. The lowest BCUT2D eigenvalue weighted by atomic mass is 9.94. The largest absolute Gasteiger partial charge is 0.352 e. The van der Waals surface area contributed by atoms with E-state index in [0.717, 1.165) is 11.4 Å². The highest BCUT2D eigenvalue weighted by Crippen LogP contribution is 2.41. The Morgan fingerprint density at radius 3 is 2.59 bits per heavy atom. The zero-order valence-electron chi connectivity index (χ0n) is 19.3. The van der Waals surface area contributed by atoms with Crippen molar-refractivity contribution in [3.05, 3.63) is 84.4 Å². The van der Waals surface area contributed by atoms with Gasteiger partial charge >= 0.3 is 0 Å². The van der Waals surface area contributed by atoms with Gasteiger partial charge < -0.3 is 20.1 Å². The van der Waals surface area contributed by atoms with Crippen molar-refractivity contribution >= 4 is 28.9 Å². The molecule has 1 saturated carbocycles. The van der Waals surface area contributed by atoms with Crippen LogP contribution < -0.4 is 10.6 Å². The molecule has 5 rings (SSSR count). The van der Waals surface area contributed by atoms with Crippen molar-refractivity contribution in [1.29, 1.82) is 0 Å². The smallest absolute Gasteiger partial charge is 0.226 e. The van der Waals surface area contributed by atoms with Crippen molar-refractivity contribution in [3.63, 3.8) is 0 Å². The van der Waals surface area contributed by atoms with Crippen LogP contribution in [0, 0.1) is 0 Å². The van der Waals surface area contributed by atoms with Crippen LogP contribution in [0.3, 0.4) is 0 Å². The number of para-hydroxylation sites is 1. The Bertz CT molecular complexity index is 1110. The summed E-state index contributed by atoms with van der Waals surface area (Å²) in [6.45, 7) is 0.536. The van der Waals surface area contributed by atoms with E-state index < -0.39 is 0 Å². The van der Waals surface area contributed by atoms with Crippen molar-refractivity contribution < 1.29 is 4.79 Å². The van der Waals surface area contributed by atoms with Gasteiger partial charge in [0, 0.05) is 42.8 Å². The van der Waals surface area contributed by atoms with Gasteiger partial charge in [-0.15, -0.1) is 0 Å². The Morgan fingerprint density at radius 2 is 1.82 bits per heavy atom. The molecule has 1 amide bonds. The summed E-state index contributed by atoms with van der Waals surface area (Å²) >= 11 is 5.80. The molecule has 1 saturated heterocycles. The number of anilines is 1. The number of thiocarbonyl (C=S) groups is 1. The first-order chi connectivity index (χ1) is 16.7. The Kier molecular flexibility index (Phi) is 6.90. The average molecular weight is 474 g/mol. The van der Waals surface area contributed by atoms with E-state index >= 15 is 0 Å². The maximum Gasteiger partial charge on any atom is 0.226 e. The van der Waals surface area contributed by atoms with Gasteiger partial charge in [-0.1, -0.05) is 43.5 Å². The summed E-state index contributed by atoms with van der Waals surface area (Å²) in [7, 11) is 0. The fourth-order valence-corrected chi connectivity index (χ4v) is 5.62. The van der Waals surface area contributed by atoms with Gasteiger partial charge in [0.1, 0.15) is 0 Å². The van der Waals surface area contributed by atoms with Crippen LogP contribution in [0.5, 0.6) is 0 Å². The zero-order chi connectivity index (χ0) is 23.3. The van der Waals surface area contributed by atoms with Gasteiger partial charge in [0.25, 0.3) is 0 Å². The van der Waals surface area contributed by atoms with E-state index in [1.165, 1.54) is 37.8 Å². The molecule has 2 aliphatic rings. The molecule has 0 spiro atoms. The molecular weight excluding hydrogens is 442 g/mol. The minimum atomic E-state index is -0.0666. The number of pyridine rings is 1. The zero-order valence-corrected chi connectivity index (χ0v) is 20.1. The predicted molar refractivity (Wildman–Crippen MR) is 138 cm³/mol. The van der Waals surface area contributed by atoms with Crippen molar-refractivity contribution in [2.45, 2.75) is 56.7 Å². The summed E-state index contributed by atoms with van der Waals surface area (Å²) in [5.74, 6) is -0.0169. The third-order valence-electron chi connectivity index (χ3n) is 6.92. The van der Waals surface area contributed by atoms with Gasteiger partial charge in [0.05, 0.1) is 17.8 Å². The second-order valence-corrected chi connectivity index (χ2v) is 9.50. The first-order valence-corrected chi connectivity index (χ1v) is 12.6. The van der Waals surface area contributed by atoms with E-state index in [1.54, 1.807) is 0 Å². The van der Waals surface area contributed by atoms with Gasteiger partial charge in [0.2, 0.25) is 5.91 Å². The lowest BCUT2D eigenvalue weighted by Crippen LogP contribution is -2.33. The maximum absolute atomic E-state index is 12.7. The average Bonchev–Trinajstić information content (AvgIpc) is 3.48. The molecule has 34 heavy (non-hydrogen) atoms. The Hall–Kier alpha value is -3.19. The lowest BCUT2D eigenvalue weighted by Gasteiger charge is -2.32.